The van der Waals surface area contributed by atoms with Crippen LogP contribution in [0.2, 0.25) is 0 Å². The average Bonchev–Trinajstić information content (AvgIpc) is 2.16. The molecule has 2 bridgehead atoms. The van der Waals surface area contributed by atoms with Gasteiger partial charge < -0.3 is 4.90 Å². The van der Waals surface area contributed by atoms with Crippen LogP contribution in [0.4, 0.5) is 0 Å². The molecule has 0 aromatic carbocycles. The summed E-state index contributed by atoms with van der Waals surface area (Å²) in [5.41, 5.74) is 0. The van der Waals surface area contributed by atoms with E-state index in [9.17, 15) is 9.59 Å². The van der Waals surface area contributed by atoms with Crippen molar-refractivity contribution < 1.29 is 9.59 Å². The lowest BCUT2D eigenvalue weighted by molar-refractivity contribution is -0.137. The lowest BCUT2D eigenvalue weighted by Crippen LogP contribution is -2.46. The van der Waals surface area contributed by atoms with E-state index in [1.807, 2.05) is 4.90 Å². The fourth-order valence-electron chi connectivity index (χ4n) is 2.96. The number of fused-ring (bicyclic) bond motifs is 2. The van der Waals surface area contributed by atoms with Gasteiger partial charge in [0, 0.05) is 13.1 Å². The molecule has 0 aromatic rings. The van der Waals surface area contributed by atoms with Crippen molar-refractivity contribution in [3.05, 3.63) is 0 Å². The molecule has 0 spiro atoms. The Hall–Kier alpha value is -0.860. The summed E-state index contributed by atoms with van der Waals surface area (Å²) in [7, 11) is 0. The maximum absolute atomic E-state index is 11.7. The van der Waals surface area contributed by atoms with Gasteiger partial charge in [-0.05, 0) is 38.0 Å². The molecule has 2 unspecified atom stereocenters. The second-order valence-electron chi connectivity index (χ2n) is 5.08. The summed E-state index contributed by atoms with van der Waals surface area (Å²) in [5, 5.41) is 0. The molecular formula is C12H19NO2. The molecule has 1 aliphatic carbocycles. The number of piperidine rings is 1. The van der Waals surface area contributed by atoms with Crippen molar-refractivity contribution >= 4 is 11.7 Å². The summed E-state index contributed by atoms with van der Waals surface area (Å²) < 4.78 is 0. The third kappa shape index (κ3) is 2.58. The highest BCUT2D eigenvalue weighted by Gasteiger charge is 2.32. The molecule has 0 N–H and O–H groups in total. The van der Waals surface area contributed by atoms with Crippen LogP contribution < -0.4 is 0 Å². The Morgan fingerprint density at radius 3 is 2.33 bits per heavy atom. The zero-order chi connectivity index (χ0) is 10.8. The third-order valence-corrected chi connectivity index (χ3v) is 3.60. The number of hydrogen-bond donors (Lipinski definition) is 0. The van der Waals surface area contributed by atoms with Crippen molar-refractivity contribution in [2.45, 2.75) is 39.0 Å². The number of carbonyl (C=O) groups excluding carboxylic acids is 2. The summed E-state index contributed by atoms with van der Waals surface area (Å²) in [5.74, 6) is 1.43. The highest BCUT2D eigenvalue weighted by atomic mass is 16.2. The molecule has 2 atom stereocenters. The van der Waals surface area contributed by atoms with Crippen molar-refractivity contribution in [1.29, 1.82) is 0 Å². The van der Waals surface area contributed by atoms with Gasteiger partial charge in [0.25, 0.3) is 0 Å². The molecule has 1 heterocycles. The Morgan fingerprint density at radius 1 is 1.20 bits per heavy atom. The van der Waals surface area contributed by atoms with Gasteiger partial charge in [-0.1, -0.05) is 6.42 Å². The van der Waals surface area contributed by atoms with Gasteiger partial charge in [0.05, 0.1) is 6.42 Å². The molecule has 1 aliphatic heterocycles. The first-order valence-electron chi connectivity index (χ1n) is 5.92. The van der Waals surface area contributed by atoms with E-state index in [0.717, 1.165) is 13.1 Å². The van der Waals surface area contributed by atoms with Gasteiger partial charge >= 0.3 is 0 Å². The normalized spacial score (nSPS) is 30.1. The van der Waals surface area contributed by atoms with Crippen molar-refractivity contribution in [2.75, 3.05) is 13.1 Å². The molecule has 84 valence electrons. The molecule has 1 saturated carbocycles. The van der Waals surface area contributed by atoms with Gasteiger partial charge in [0.1, 0.15) is 5.78 Å². The minimum absolute atomic E-state index is 0.0178. The zero-order valence-corrected chi connectivity index (χ0v) is 9.37. The van der Waals surface area contributed by atoms with Crippen LogP contribution in [0.3, 0.4) is 0 Å². The van der Waals surface area contributed by atoms with Crippen LogP contribution in [0.1, 0.15) is 39.0 Å². The van der Waals surface area contributed by atoms with Gasteiger partial charge in [0.2, 0.25) is 5.91 Å². The summed E-state index contributed by atoms with van der Waals surface area (Å²) in [4.78, 5) is 24.6. The van der Waals surface area contributed by atoms with Gasteiger partial charge in [0.15, 0.2) is 0 Å². The number of carbonyl (C=O) groups is 2. The number of rotatable bonds is 2. The predicted octanol–water partition coefficient (Wildman–Crippen LogP) is 1.61. The number of likely N-dealkylation sites (tertiary alicyclic amines) is 1. The minimum atomic E-state index is -0.0178. The second-order valence-corrected chi connectivity index (χ2v) is 5.08. The number of nitrogens with zero attached hydrogens (tertiary/aromatic N) is 1. The first-order chi connectivity index (χ1) is 7.15. The third-order valence-electron chi connectivity index (χ3n) is 3.60. The molecule has 1 saturated heterocycles. The molecule has 1 amide bonds. The Labute approximate surface area is 90.8 Å². The van der Waals surface area contributed by atoms with Crippen molar-refractivity contribution in [3.8, 4) is 0 Å². The highest BCUT2D eigenvalue weighted by molar-refractivity contribution is 5.96. The number of ketones is 1. The molecule has 0 radical (unpaired) electrons. The van der Waals surface area contributed by atoms with Crippen LogP contribution in [0, 0.1) is 11.8 Å². The molecule has 3 heteroatoms. The highest BCUT2D eigenvalue weighted by Crippen LogP contribution is 2.34. The van der Waals surface area contributed by atoms with E-state index >= 15 is 0 Å². The Balaban J connectivity index is 1.93. The molecular weight excluding hydrogens is 190 g/mol. The molecule has 2 rings (SSSR count). The lowest BCUT2D eigenvalue weighted by atomic mass is 9.78. The Morgan fingerprint density at radius 2 is 1.80 bits per heavy atom. The number of hydrogen-bond acceptors (Lipinski definition) is 2. The van der Waals surface area contributed by atoms with Gasteiger partial charge in [-0.25, -0.2) is 0 Å². The second kappa shape index (κ2) is 4.33. The fourth-order valence-corrected chi connectivity index (χ4v) is 2.96. The van der Waals surface area contributed by atoms with Crippen LogP contribution in [-0.2, 0) is 9.59 Å². The number of amides is 1. The van der Waals surface area contributed by atoms with Crippen LogP contribution in [0.25, 0.3) is 0 Å². The topological polar surface area (TPSA) is 37.4 Å². The smallest absolute Gasteiger partial charge is 0.230 e. The molecule has 2 aliphatic rings. The molecule has 0 aromatic heterocycles. The summed E-state index contributed by atoms with van der Waals surface area (Å²) >= 11 is 0. The monoisotopic (exact) mass is 209 g/mol. The van der Waals surface area contributed by atoms with E-state index in [1.54, 1.807) is 0 Å². The zero-order valence-electron chi connectivity index (χ0n) is 9.37. The molecule has 15 heavy (non-hydrogen) atoms. The van der Waals surface area contributed by atoms with Crippen molar-refractivity contribution in [2.24, 2.45) is 11.8 Å². The van der Waals surface area contributed by atoms with Crippen molar-refractivity contribution in [1.82, 2.24) is 4.90 Å². The first-order valence-corrected chi connectivity index (χ1v) is 5.92. The van der Waals surface area contributed by atoms with E-state index in [1.165, 1.54) is 32.6 Å². The quantitative estimate of drug-likeness (QED) is 0.648. The van der Waals surface area contributed by atoms with Gasteiger partial charge in [-0.2, -0.15) is 0 Å². The number of Topliss-reactive ketones (excluding diaryl/α,β-unsaturated/α-hetero) is 1. The van der Waals surface area contributed by atoms with Crippen LogP contribution >= 0.6 is 0 Å². The summed E-state index contributed by atoms with van der Waals surface area (Å²) in [6.07, 6.45) is 5.24. The predicted molar refractivity (Wildman–Crippen MR) is 57.3 cm³/mol. The summed E-state index contributed by atoms with van der Waals surface area (Å²) in [6, 6.07) is 0. The molecule has 3 nitrogen and oxygen atoms in total. The maximum Gasteiger partial charge on any atom is 0.230 e. The Kier molecular flexibility index (Phi) is 3.08. The summed E-state index contributed by atoms with van der Waals surface area (Å²) in [6.45, 7) is 3.27. The van der Waals surface area contributed by atoms with Crippen LogP contribution in [0.5, 0.6) is 0 Å². The van der Waals surface area contributed by atoms with E-state index in [4.69, 9.17) is 0 Å². The van der Waals surface area contributed by atoms with E-state index in [-0.39, 0.29) is 18.1 Å². The van der Waals surface area contributed by atoms with Crippen LogP contribution in [0.15, 0.2) is 0 Å². The van der Waals surface area contributed by atoms with E-state index < -0.39 is 0 Å². The lowest BCUT2D eigenvalue weighted by Gasteiger charge is -2.41. The fraction of sp³-hybridized carbons (Fsp3) is 0.833. The van der Waals surface area contributed by atoms with Gasteiger partial charge in [-0.3, -0.25) is 9.59 Å². The first kappa shape index (κ1) is 10.7. The Bertz CT molecular complexity index is 263. The average molecular weight is 209 g/mol. The van der Waals surface area contributed by atoms with Gasteiger partial charge in [-0.15, -0.1) is 0 Å². The van der Waals surface area contributed by atoms with Crippen molar-refractivity contribution in [3.63, 3.8) is 0 Å². The standard InChI is InChI=1S/C12H19NO2/c1-9(14)5-12(15)13-7-10-3-2-4-11(6-10)8-13/h10-11H,2-8H2,1H3. The maximum atomic E-state index is 11.7. The molecule has 2 fully saturated rings. The minimum Gasteiger partial charge on any atom is -0.342 e. The SMILES string of the molecule is CC(=O)CC(=O)N1CC2CCCC(C2)C1. The van der Waals surface area contributed by atoms with Crippen LogP contribution in [-0.4, -0.2) is 29.7 Å². The largest absolute Gasteiger partial charge is 0.342 e. The van der Waals surface area contributed by atoms with E-state index in [2.05, 4.69) is 0 Å². The van der Waals surface area contributed by atoms with E-state index in [0.29, 0.717) is 11.8 Å².